The highest BCUT2D eigenvalue weighted by Gasteiger charge is 2.09. The van der Waals surface area contributed by atoms with Crippen LogP contribution in [0.1, 0.15) is 11.1 Å². The molecular formula is C14H12Cl2FNO. The Morgan fingerprint density at radius 2 is 1.84 bits per heavy atom. The number of nitrogens with one attached hydrogen (secondary N) is 1. The van der Waals surface area contributed by atoms with Gasteiger partial charge in [0.15, 0.2) is 0 Å². The van der Waals surface area contributed by atoms with E-state index in [0.29, 0.717) is 12.2 Å². The normalized spacial score (nSPS) is 10.5. The molecule has 0 saturated carbocycles. The summed E-state index contributed by atoms with van der Waals surface area (Å²) >= 11 is 11.8. The third-order valence-electron chi connectivity index (χ3n) is 2.78. The Kier molecular flexibility index (Phi) is 4.17. The van der Waals surface area contributed by atoms with Gasteiger partial charge in [-0.1, -0.05) is 41.4 Å². The first kappa shape index (κ1) is 14.0. The molecule has 0 aliphatic rings. The van der Waals surface area contributed by atoms with Crippen LogP contribution < -0.4 is 5.32 Å². The maximum absolute atomic E-state index is 13.1. The van der Waals surface area contributed by atoms with Crippen molar-refractivity contribution in [2.24, 2.45) is 0 Å². The minimum Gasteiger partial charge on any atom is -0.507 e. The van der Waals surface area contributed by atoms with Gasteiger partial charge in [-0.2, -0.15) is 0 Å². The smallest absolute Gasteiger partial charge is 0.126 e. The first-order chi connectivity index (χ1) is 8.99. The van der Waals surface area contributed by atoms with Crippen molar-refractivity contribution in [2.45, 2.75) is 13.5 Å². The Hall–Kier alpha value is -1.45. The molecule has 0 spiro atoms. The first-order valence-electron chi connectivity index (χ1n) is 5.65. The summed E-state index contributed by atoms with van der Waals surface area (Å²) in [6.07, 6.45) is 0. The van der Waals surface area contributed by atoms with Crippen molar-refractivity contribution in [3.63, 3.8) is 0 Å². The van der Waals surface area contributed by atoms with Gasteiger partial charge in [0.25, 0.3) is 0 Å². The standard InChI is InChI=1S/C14H12Cl2FNO/c1-8-3-2-4-9(14(8)19)7-18-13-11(15)5-10(17)6-12(13)16/h2-6,18-19H,7H2,1H3. The molecule has 2 N–H and O–H groups in total. The monoisotopic (exact) mass is 299 g/mol. The third kappa shape index (κ3) is 3.11. The van der Waals surface area contributed by atoms with Gasteiger partial charge in [-0.15, -0.1) is 0 Å². The molecule has 0 bridgehead atoms. The highest BCUT2D eigenvalue weighted by molar-refractivity contribution is 6.39. The molecule has 2 aromatic carbocycles. The maximum Gasteiger partial charge on any atom is 0.126 e. The molecular weight excluding hydrogens is 288 g/mol. The molecule has 0 aliphatic heterocycles. The molecule has 19 heavy (non-hydrogen) atoms. The molecule has 0 aromatic heterocycles. The lowest BCUT2D eigenvalue weighted by Crippen LogP contribution is -2.02. The molecule has 0 fully saturated rings. The molecule has 100 valence electrons. The molecule has 0 heterocycles. The van der Waals surface area contributed by atoms with Crippen LogP contribution in [0, 0.1) is 12.7 Å². The van der Waals surface area contributed by atoms with Crippen molar-refractivity contribution >= 4 is 28.9 Å². The second-order valence-corrected chi connectivity index (χ2v) is 5.00. The molecule has 2 rings (SSSR count). The zero-order valence-electron chi connectivity index (χ0n) is 10.2. The van der Waals surface area contributed by atoms with Gasteiger partial charge in [-0.3, -0.25) is 0 Å². The summed E-state index contributed by atoms with van der Waals surface area (Å²) in [4.78, 5) is 0. The van der Waals surface area contributed by atoms with Crippen molar-refractivity contribution in [1.82, 2.24) is 0 Å². The second-order valence-electron chi connectivity index (χ2n) is 4.18. The van der Waals surface area contributed by atoms with E-state index < -0.39 is 5.82 Å². The maximum atomic E-state index is 13.1. The van der Waals surface area contributed by atoms with E-state index in [4.69, 9.17) is 23.2 Å². The molecule has 0 radical (unpaired) electrons. The van der Waals surface area contributed by atoms with Crippen LogP contribution in [0.4, 0.5) is 10.1 Å². The topological polar surface area (TPSA) is 32.3 Å². The fourth-order valence-electron chi connectivity index (χ4n) is 1.76. The molecule has 0 amide bonds. The zero-order chi connectivity index (χ0) is 14.0. The highest BCUT2D eigenvalue weighted by atomic mass is 35.5. The van der Waals surface area contributed by atoms with E-state index in [1.807, 2.05) is 19.1 Å². The fraction of sp³-hybridized carbons (Fsp3) is 0.143. The van der Waals surface area contributed by atoms with Gasteiger partial charge in [0.05, 0.1) is 15.7 Å². The number of benzene rings is 2. The summed E-state index contributed by atoms with van der Waals surface area (Å²) < 4.78 is 13.1. The first-order valence-corrected chi connectivity index (χ1v) is 6.40. The van der Waals surface area contributed by atoms with Gasteiger partial charge < -0.3 is 10.4 Å². The van der Waals surface area contributed by atoms with E-state index in [0.717, 1.165) is 11.1 Å². The van der Waals surface area contributed by atoms with E-state index in [-0.39, 0.29) is 15.8 Å². The zero-order valence-corrected chi connectivity index (χ0v) is 11.7. The molecule has 0 aliphatic carbocycles. The Labute approximate surface area is 120 Å². The van der Waals surface area contributed by atoms with Crippen LogP contribution in [0.25, 0.3) is 0 Å². The van der Waals surface area contributed by atoms with E-state index >= 15 is 0 Å². The van der Waals surface area contributed by atoms with Crippen LogP contribution in [-0.2, 0) is 6.54 Å². The summed E-state index contributed by atoms with van der Waals surface area (Å²) in [5.74, 6) is -0.261. The molecule has 5 heteroatoms. The number of phenols is 1. The van der Waals surface area contributed by atoms with Crippen LogP contribution in [-0.4, -0.2) is 5.11 Å². The van der Waals surface area contributed by atoms with Crippen molar-refractivity contribution < 1.29 is 9.50 Å². The predicted molar refractivity (Wildman–Crippen MR) is 76.6 cm³/mol. The van der Waals surface area contributed by atoms with Gasteiger partial charge in [0.1, 0.15) is 11.6 Å². The lowest BCUT2D eigenvalue weighted by molar-refractivity contribution is 0.465. The summed E-state index contributed by atoms with van der Waals surface area (Å²) in [5, 5.41) is 13.3. The number of hydrogen-bond acceptors (Lipinski definition) is 2. The Morgan fingerprint density at radius 3 is 2.47 bits per heavy atom. The van der Waals surface area contributed by atoms with Crippen LogP contribution in [0.15, 0.2) is 30.3 Å². The van der Waals surface area contributed by atoms with Crippen LogP contribution in [0.3, 0.4) is 0 Å². The lowest BCUT2D eigenvalue weighted by atomic mass is 10.1. The number of rotatable bonds is 3. The molecule has 2 nitrogen and oxygen atoms in total. The number of aryl methyl sites for hydroxylation is 1. The largest absolute Gasteiger partial charge is 0.507 e. The second kappa shape index (κ2) is 5.68. The third-order valence-corrected chi connectivity index (χ3v) is 3.38. The van der Waals surface area contributed by atoms with Crippen molar-refractivity contribution in [3.8, 4) is 5.75 Å². The quantitative estimate of drug-likeness (QED) is 0.856. The van der Waals surface area contributed by atoms with Gasteiger partial charge >= 0.3 is 0 Å². The number of halogens is 3. The molecule has 2 aromatic rings. The van der Waals surface area contributed by atoms with E-state index in [2.05, 4.69) is 5.32 Å². The van der Waals surface area contributed by atoms with Crippen LogP contribution in [0.2, 0.25) is 10.0 Å². The van der Waals surface area contributed by atoms with E-state index in [1.54, 1.807) is 6.07 Å². The van der Waals surface area contributed by atoms with Crippen molar-refractivity contribution in [3.05, 3.63) is 57.3 Å². The number of aromatic hydroxyl groups is 1. The SMILES string of the molecule is Cc1cccc(CNc2c(Cl)cc(F)cc2Cl)c1O. The van der Waals surface area contributed by atoms with Gasteiger partial charge in [-0.25, -0.2) is 4.39 Å². The molecule has 0 saturated heterocycles. The lowest BCUT2D eigenvalue weighted by Gasteiger charge is -2.12. The Morgan fingerprint density at radius 1 is 1.21 bits per heavy atom. The van der Waals surface area contributed by atoms with E-state index in [9.17, 15) is 9.50 Å². The summed E-state index contributed by atoms with van der Waals surface area (Å²) in [6, 6.07) is 7.83. The minimum absolute atomic E-state index is 0.206. The molecule has 0 unspecified atom stereocenters. The minimum atomic E-state index is -0.487. The van der Waals surface area contributed by atoms with Gasteiger partial charge in [0, 0.05) is 12.1 Å². The number of hydrogen-bond donors (Lipinski definition) is 2. The highest BCUT2D eigenvalue weighted by Crippen LogP contribution is 2.32. The Balaban J connectivity index is 2.22. The average molecular weight is 300 g/mol. The summed E-state index contributed by atoms with van der Waals surface area (Å²) in [5.41, 5.74) is 1.96. The summed E-state index contributed by atoms with van der Waals surface area (Å²) in [6.45, 7) is 2.16. The average Bonchev–Trinajstić information content (AvgIpc) is 2.33. The predicted octanol–water partition coefficient (Wildman–Crippen LogP) is 4.76. The van der Waals surface area contributed by atoms with Crippen molar-refractivity contribution in [1.29, 1.82) is 0 Å². The molecule has 0 atom stereocenters. The van der Waals surface area contributed by atoms with E-state index in [1.165, 1.54) is 12.1 Å². The summed E-state index contributed by atoms with van der Waals surface area (Å²) in [7, 11) is 0. The van der Waals surface area contributed by atoms with Crippen LogP contribution in [0.5, 0.6) is 5.75 Å². The number of phenolic OH excluding ortho intramolecular Hbond substituents is 1. The van der Waals surface area contributed by atoms with Crippen molar-refractivity contribution in [2.75, 3.05) is 5.32 Å². The van der Waals surface area contributed by atoms with Crippen LogP contribution >= 0.6 is 23.2 Å². The Bertz CT molecular complexity index is 593. The van der Waals surface area contributed by atoms with Gasteiger partial charge in [0.2, 0.25) is 0 Å². The fourth-order valence-corrected chi connectivity index (χ4v) is 2.35. The van der Waals surface area contributed by atoms with Gasteiger partial charge in [-0.05, 0) is 24.6 Å². The number of para-hydroxylation sites is 1. The number of anilines is 1.